The van der Waals surface area contributed by atoms with Crippen molar-refractivity contribution < 1.29 is 33.6 Å². The van der Waals surface area contributed by atoms with Crippen LogP contribution in [0.5, 0.6) is 0 Å². The van der Waals surface area contributed by atoms with Crippen molar-refractivity contribution in [3.8, 4) is 0 Å². The summed E-state index contributed by atoms with van der Waals surface area (Å²) in [4.78, 5) is 86.0. The molecule has 0 fully saturated rings. The van der Waals surface area contributed by atoms with Crippen LogP contribution in [0.25, 0.3) is 0 Å². The van der Waals surface area contributed by atoms with Crippen molar-refractivity contribution in [2.75, 3.05) is 26.2 Å². The van der Waals surface area contributed by atoms with Gasteiger partial charge in [0.15, 0.2) is 0 Å². The first-order chi connectivity index (χ1) is 18.8. The van der Waals surface area contributed by atoms with Crippen molar-refractivity contribution in [3.63, 3.8) is 0 Å². The summed E-state index contributed by atoms with van der Waals surface area (Å²) in [5, 5.41) is 12.4. The number of hydrogen-bond donors (Lipinski definition) is 5. The summed E-state index contributed by atoms with van der Waals surface area (Å²) in [6, 6.07) is 6.80. The van der Waals surface area contributed by atoms with Crippen molar-refractivity contribution in [2.45, 2.75) is 46.2 Å². The number of nitrogens with zero attached hydrogens (tertiary/aromatic N) is 1. The van der Waals surface area contributed by atoms with Gasteiger partial charge in [0.1, 0.15) is 12.1 Å². The highest BCUT2D eigenvalue weighted by Gasteiger charge is 2.32. The molecule has 5 N–H and O–H groups in total. The molecule has 0 spiro atoms. The molecule has 0 saturated heterocycles. The fourth-order valence-electron chi connectivity index (χ4n) is 3.49. The number of carbonyl (C=O) groups excluding carboxylic acids is 7. The van der Waals surface area contributed by atoms with Crippen LogP contribution < -0.4 is 26.6 Å². The molecule has 7 amide bonds. The molecule has 0 aliphatic carbocycles. The standard InChI is InChI=1S/C27H36N6O7/c1-17(33-23(37)10-11-24(33)38)25(39)29-13-20(34)28-15-22(36)32-19(12-18-8-6-5-7-9-18)26(40)30-14-21(35)31-16-27(2,3)4/h5-11,17,19H,12-16H2,1-4H3,(H,28,34)(H,29,39)(H,30,40)(H,31,35)(H,32,36)/t17?,19-/m0/s1. The van der Waals surface area contributed by atoms with Crippen LogP contribution in [0.1, 0.15) is 33.3 Å². The normalized spacial score (nSPS) is 14.2. The van der Waals surface area contributed by atoms with E-state index in [0.717, 1.165) is 22.6 Å². The average Bonchev–Trinajstić information content (AvgIpc) is 3.24. The van der Waals surface area contributed by atoms with Crippen LogP contribution in [-0.2, 0) is 40.0 Å². The number of rotatable bonds is 13. The van der Waals surface area contributed by atoms with Crippen LogP contribution in [0.2, 0.25) is 0 Å². The molecular formula is C27H36N6O7. The summed E-state index contributed by atoms with van der Waals surface area (Å²) in [6.07, 6.45) is 2.24. The van der Waals surface area contributed by atoms with Gasteiger partial charge in [0.25, 0.3) is 11.8 Å². The minimum absolute atomic E-state index is 0.127. The molecule has 2 rings (SSSR count). The Morgan fingerprint density at radius 3 is 1.85 bits per heavy atom. The molecular weight excluding hydrogens is 520 g/mol. The van der Waals surface area contributed by atoms with E-state index < -0.39 is 60.6 Å². The maximum Gasteiger partial charge on any atom is 0.254 e. The quantitative estimate of drug-likeness (QED) is 0.184. The van der Waals surface area contributed by atoms with E-state index in [9.17, 15) is 33.6 Å². The molecule has 1 aromatic rings. The average molecular weight is 557 g/mol. The smallest absolute Gasteiger partial charge is 0.254 e. The molecule has 0 aromatic heterocycles. The lowest BCUT2D eigenvalue weighted by Crippen LogP contribution is -2.53. The zero-order valence-corrected chi connectivity index (χ0v) is 23.0. The summed E-state index contributed by atoms with van der Waals surface area (Å²) < 4.78 is 0. The Hall–Kier alpha value is -4.55. The lowest BCUT2D eigenvalue weighted by Gasteiger charge is -2.21. The second-order valence-corrected chi connectivity index (χ2v) is 10.4. The third-order valence-electron chi connectivity index (χ3n) is 5.65. The van der Waals surface area contributed by atoms with E-state index in [4.69, 9.17) is 0 Å². The predicted molar refractivity (Wildman–Crippen MR) is 144 cm³/mol. The van der Waals surface area contributed by atoms with Crippen LogP contribution in [0, 0.1) is 5.41 Å². The van der Waals surface area contributed by atoms with E-state index in [1.807, 2.05) is 26.8 Å². The van der Waals surface area contributed by atoms with Gasteiger partial charge in [-0.1, -0.05) is 51.1 Å². The highest BCUT2D eigenvalue weighted by molar-refractivity contribution is 6.15. The molecule has 216 valence electrons. The number of amides is 7. The third-order valence-corrected chi connectivity index (χ3v) is 5.65. The summed E-state index contributed by atoms with van der Waals surface area (Å²) in [6.45, 7) is 6.39. The molecule has 13 heteroatoms. The van der Waals surface area contributed by atoms with Crippen molar-refractivity contribution in [3.05, 3.63) is 48.0 Å². The van der Waals surface area contributed by atoms with Gasteiger partial charge in [-0.3, -0.25) is 38.5 Å². The Morgan fingerprint density at radius 1 is 0.750 bits per heavy atom. The van der Waals surface area contributed by atoms with E-state index in [1.54, 1.807) is 24.3 Å². The molecule has 0 radical (unpaired) electrons. The van der Waals surface area contributed by atoms with Crippen LogP contribution in [0.4, 0.5) is 0 Å². The zero-order chi connectivity index (χ0) is 29.9. The molecule has 1 aliphatic heterocycles. The number of hydrogen-bond acceptors (Lipinski definition) is 7. The second kappa shape index (κ2) is 14.6. The SMILES string of the molecule is CC(C(=O)NCC(=O)NCC(=O)N[C@@H](Cc1ccccc1)C(=O)NCC(=O)NCC(C)(C)C)N1C(=O)C=CC1=O. The first kappa shape index (κ1) is 31.7. The second-order valence-electron chi connectivity index (χ2n) is 10.4. The van der Waals surface area contributed by atoms with Crippen molar-refractivity contribution in [1.29, 1.82) is 0 Å². The Bertz CT molecular complexity index is 1140. The molecule has 1 aromatic carbocycles. The van der Waals surface area contributed by atoms with Gasteiger partial charge in [-0.25, -0.2) is 0 Å². The maximum absolute atomic E-state index is 12.8. The number of nitrogens with one attached hydrogen (secondary N) is 5. The maximum atomic E-state index is 12.8. The Morgan fingerprint density at radius 2 is 1.27 bits per heavy atom. The van der Waals surface area contributed by atoms with Gasteiger partial charge in [0, 0.05) is 25.1 Å². The predicted octanol–water partition coefficient (Wildman–Crippen LogP) is -1.46. The first-order valence-corrected chi connectivity index (χ1v) is 12.7. The summed E-state index contributed by atoms with van der Waals surface area (Å²) in [5.74, 6) is -4.30. The number of imide groups is 1. The molecule has 1 aliphatic rings. The molecule has 40 heavy (non-hydrogen) atoms. The number of carbonyl (C=O) groups is 7. The van der Waals surface area contributed by atoms with Crippen LogP contribution in [-0.4, -0.2) is 84.5 Å². The molecule has 1 unspecified atom stereocenters. The summed E-state index contributed by atoms with van der Waals surface area (Å²) >= 11 is 0. The van der Waals surface area contributed by atoms with Crippen molar-refractivity contribution >= 4 is 41.4 Å². The van der Waals surface area contributed by atoms with E-state index in [2.05, 4.69) is 26.6 Å². The van der Waals surface area contributed by atoms with E-state index in [0.29, 0.717) is 6.54 Å². The van der Waals surface area contributed by atoms with Gasteiger partial charge >= 0.3 is 0 Å². The lowest BCUT2D eigenvalue weighted by atomic mass is 9.97. The van der Waals surface area contributed by atoms with Gasteiger partial charge in [0.2, 0.25) is 29.5 Å². The fraction of sp³-hybridized carbons (Fsp3) is 0.444. The fourth-order valence-corrected chi connectivity index (χ4v) is 3.49. The Balaban J connectivity index is 1.85. The zero-order valence-electron chi connectivity index (χ0n) is 23.0. The highest BCUT2D eigenvalue weighted by atomic mass is 16.2. The number of benzene rings is 1. The Kier molecular flexibility index (Phi) is 11.5. The van der Waals surface area contributed by atoms with Gasteiger partial charge in [0.05, 0.1) is 19.6 Å². The minimum Gasteiger partial charge on any atom is -0.354 e. The summed E-state index contributed by atoms with van der Waals surface area (Å²) in [7, 11) is 0. The first-order valence-electron chi connectivity index (χ1n) is 12.7. The molecule has 2 atom stereocenters. The van der Waals surface area contributed by atoms with Gasteiger partial charge in [-0.05, 0) is 17.9 Å². The van der Waals surface area contributed by atoms with Gasteiger partial charge < -0.3 is 26.6 Å². The molecule has 13 nitrogen and oxygen atoms in total. The lowest BCUT2D eigenvalue weighted by molar-refractivity contribution is -0.144. The highest BCUT2D eigenvalue weighted by Crippen LogP contribution is 2.10. The third kappa shape index (κ3) is 10.7. The van der Waals surface area contributed by atoms with Gasteiger partial charge in [-0.2, -0.15) is 0 Å². The Labute approximate surface area is 232 Å². The van der Waals surface area contributed by atoms with Crippen LogP contribution >= 0.6 is 0 Å². The van der Waals surface area contributed by atoms with Crippen molar-refractivity contribution in [1.82, 2.24) is 31.5 Å². The van der Waals surface area contributed by atoms with E-state index in [-0.39, 0.29) is 24.3 Å². The van der Waals surface area contributed by atoms with Gasteiger partial charge in [-0.15, -0.1) is 0 Å². The van der Waals surface area contributed by atoms with Crippen LogP contribution in [0.15, 0.2) is 42.5 Å². The molecule has 1 heterocycles. The minimum atomic E-state index is -1.13. The van der Waals surface area contributed by atoms with Crippen molar-refractivity contribution in [2.24, 2.45) is 5.41 Å². The van der Waals surface area contributed by atoms with Crippen LogP contribution in [0.3, 0.4) is 0 Å². The van der Waals surface area contributed by atoms with E-state index >= 15 is 0 Å². The van der Waals surface area contributed by atoms with E-state index in [1.165, 1.54) is 6.92 Å². The topological polar surface area (TPSA) is 183 Å². The molecule has 0 bridgehead atoms. The largest absolute Gasteiger partial charge is 0.354 e. The summed E-state index contributed by atoms with van der Waals surface area (Å²) in [5.41, 5.74) is 0.643. The monoisotopic (exact) mass is 556 g/mol. The molecule has 0 saturated carbocycles.